The van der Waals surface area contributed by atoms with E-state index in [9.17, 15) is 0 Å². The molecule has 1 saturated carbocycles. The van der Waals surface area contributed by atoms with Crippen molar-refractivity contribution in [1.82, 2.24) is 0 Å². The lowest BCUT2D eigenvalue weighted by Crippen LogP contribution is -2.29. The Hall–Kier alpha value is -0.690. The van der Waals surface area contributed by atoms with Gasteiger partial charge in [-0.25, -0.2) is 0 Å². The van der Waals surface area contributed by atoms with Gasteiger partial charge >= 0.3 is 0 Å². The van der Waals surface area contributed by atoms with E-state index in [1.807, 2.05) is 13.0 Å². The van der Waals surface area contributed by atoms with E-state index >= 15 is 0 Å². The topological polar surface area (TPSA) is 12.0 Å². The molecular formula is C15H22ClN. The van der Waals surface area contributed by atoms with Gasteiger partial charge in [0.2, 0.25) is 0 Å². The lowest BCUT2D eigenvalue weighted by Gasteiger charge is -2.35. The van der Waals surface area contributed by atoms with Gasteiger partial charge in [-0.2, -0.15) is 0 Å². The summed E-state index contributed by atoms with van der Waals surface area (Å²) in [5, 5.41) is 4.46. The minimum absolute atomic E-state index is 0.531. The first-order chi connectivity index (χ1) is 7.96. The van der Waals surface area contributed by atoms with Gasteiger partial charge < -0.3 is 5.32 Å². The van der Waals surface area contributed by atoms with Crippen molar-refractivity contribution >= 4 is 17.3 Å². The van der Waals surface area contributed by atoms with Crippen molar-refractivity contribution in [1.29, 1.82) is 0 Å². The highest BCUT2D eigenvalue weighted by atomic mass is 35.5. The highest BCUT2D eigenvalue weighted by Crippen LogP contribution is 2.36. The van der Waals surface area contributed by atoms with E-state index in [-0.39, 0.29) is 0 Å². The molecule has 0 amide bonds. The predicted octanol–water partition coefficient (Wildman–Crippen LogP) is 5.03. The molecule has 1 aromatic carbocycles. The number of hydrogen-bond acceptors (Lipinski definition) is 1. The zero-order valence-corrected chi connectivity index (χ0v) is 11.8. The summed E-state index contributed by atoms with van der Waals surface area (Å²) in [5.41, 5.74) is 2.83. The van der Waals surface area contributed by atoms with Gasteiger partial charge in [-0.1, -0.05) is 31.5 Å². The number of anilines is 1. The third-order valence-corrected chi connectivity index (χ3v) is 4.29. The first-order valence-corrected chi connectivity index (χ1v) is 6.87. The Morgan fingerprint density at radius 2 is 1.88 bits per heavy atom. The Morgan fingerprint density at radius 1 is 1.24 bits per heavy atom. The predicted molar refractivity (Wildman–Crippen MR) is 75.8 cm³/mol. The molecule has 17 heavy (non-hydrogen) atoms. The van der Waals surface area contributed by atoms with E-state index in [1.165, 1.54) is 25.7 Å². The molecule has 0 aromatic heterocycles. The number of nitrogens with one attached hydrogen (secondary N) is 1. The summed E-state index contributed by atoms with van der Waals surface area (Å²) in [4.78, 5) is 0. The molecule has 1 aromatic rings. The van der Waals surface area contributed by atoms with Crippen molar-refractivity contribution in [3.63, 3.8) is 0 Å². The second-order valence-electron chi connectivity index (χ2n) is 6.05. The molecule has 1 fully saturated rings. The van der Waals surface area contributed by atoms with Crippen LogP contribution in [0.25, 0.3) is 0 Å². The van der Waals surface area contributed by atoms with E-state index in [0.29, 0.717) is 11.5 Å². The molecule has 0 unspecified atom stereocenters. The van der Waals surface area contributed by atoms with Gasteiger partial charge in [-0.05, 0) is 55.7 Å². The normalized spacial score (nSPS) is 20.2. The van der Waals surface area contributed by atoms with Crippen LogP contribution in [0, 0.1) is 12.3 Å². The van der Waals surface area contributed by atoms with Crippen LogP contribution in [0.2, 0.25) is 5.02 Å². The molecule has 0 atom stereocenters. The Morgan fingerprint density at radius 3 is 2.47 bits per heavy atom. The smallest absolute Gasteiger partial charge is 0.0455 e. The molecule has 1 aliphatic rings. The number of halogens is 1. The average Bonchev–Trinajstić information content (AvgIpc) is 2.27. The van der Waals surface area contributed by atoms with Gasteiger partial charge in [0, 0.05) is 16.8 Å². The van der Waals surface area contributed by atoms with E-state index in [2.05, 4.69) is 31.3 Å². The first kappa shape index (κ1) is 12.8. The first-order valence-electron chi connectivity index (χ1n) is 6.49. The van der Waals surface area contributed by atoms with Crippen molar-refractivity contribution in [2.45, 2.75) is 52.5 Å². The van der Waals surface area contributed by atoms with Crippen LogP contribution >= 0.6 is 11.6 Å². The molecule has 2 rings (SSSR count). The molecule has 0 heterocycles. The summed E-state index contributed by atoms with van der Waals surface area (Å²) < 4.78 is 0. The molecule has 94 valence electrons. The van der Waals surface area contributed by atoms with Gasteiger partial charge in [-0.15, -0.1) is 0 Å². The summed E-state index contributed by atoms with van der Waals surface area (Å²) in [7, 11) is 0. The van der Waals surface area contributed by atoms with Gasteiger partial charge in [0.25, 0.3) is 0 Å². The molecule has 0 saturated heterocycles. The van der Waals surface area contributed by atoms with Crippen molar-refractivity contribution in [2.75, 3.05) is 5.32 Å². The SMILES string of the molecule is Cc1ccc(NC2CCC(C)(C)CC2)cc1Cl. The lowest BCUT2D eigenvalue weighted by atomic mass is 9.75. The average molecular weight is 252 g/mol. The Kier molecular flexibility index (Phi) is 3.67. The fraction of sp³-hybridized carbons (Fsp3) is 0.600. The van der Waals surface area contributed by atoms with Crippen LogP contribution in [-0.2, 0) is 0 Å². The van der Waals surface area contributed by atoms with Crippen LogP contribution in [-0.4, -0.2) is 6.04 Å². The van der Waals surface area contributed by atoms with Crippen LogP contribution < -0.4 is 5.32 Å². The maximum Gasteiger partial charge on any atom is 0.0455 e. The van der Waals surface area contributed by atoms with Crippen LogP contribution in [0.1, 0.15) is 45.1 Å². The fourth-order valence-corrected chi connectivity index (χ4v) is 2.64. The molecule has 1 N–H and O–H groups in total. The largest absolute Gasteiger partial charge is 0.382 e. The summed E-state index contributed by atoms with van der Waals surface area (Å²) in [6, 6.07) is 6.86. The Bertz CT molecular complexity index is 388. The van der Waals surface area contributed by atoms with E-state index < -0.39 is 0 Å². The number of hydrogen-bond donors (Lipinski definition) is 1. The molecule has 0 radical (unpaired) electrons. The summed E-state index contributed by atoms with van der Waals surface area (Å²) in [6.07, 6.45) is 5.14. The summed E-state index contributed by atoms with van der Waals surface area (Å²) in [6.45, 7) is 6.77. The van der Waals surface area contributed by atoms with E-state index in [1.54, 1.807) is 0 Å². The molecule has 1 nitrogen and oxygen atoms in total. The Balaban J connectivity index is 1.95. The molecule has 0 bridgehead atoms. The number of rotatable bonds is 2. The fourth-order valence-electron chi connectivity index (χ4n) is 2.46. The highest BCUT2D eigenvalue weighted by molar-refractivity contribution is 6.31. The molecule has 2 heteroatoms. The van der Waals surface area contributed by atoms with Gasteiger partial charge in [0.1, 0.15) is 0 Å². The van der Waals surface area contributed by atoms with Gasteiger partial charge in [-0.3, -0.25) is 0 Å². The molecule has 1 aliphatic carbocycles. The summed E-state index contributed by atoms with van der Waals surface area (Å²) >= 11 is 6.14. The number of benzene rings is 1. The quantitative estimate of drug-likeness (QED) is 0.778. The van der Waals surface area contributed by atoms with Crippen LogP contribution in [0.4, 0.5) is 5.69 Å². The van der Waals surface area contributed by atoms with Crippen LogP contribution in [0.15, 0.2) is 18.2 Å². The monoisotopic (exact) mass is 251 g/mol. The Labute approximate surface area is 110 Å². The second kappa shape index (κ2) is 4.89. The van der Waals surface area contributed by atoms with Gasteiger partial charge in [0.05, 0.1) is 0 Å². The zero-order chi connectivity index (χ0) is 12.5. The van der Waals surface area contributed by atoms with Crippen LogP contribution in [0.3, 0.4) is 0 Å². The van der Waals surface area contributed by atoms with E-state index in [0.717, 1.165) is 16.3 Å². The molecular weight excluding hydrogens is 230 g/mol. The third kappa shape index (κ3) is 3.38. The molecule has 0 aliphatic heterocycles. The third-order valence-electron chi connectivity index (χ3n) is 3.88. The van der Waals surface area contributed by atoms with Crippen LogP contribution in [0.5, 0.6) is 0 Å². The second-order valence-corrected chi connectivity index (χ2v) is 6.45. The van der Waals surface area contributed by atoms with Crippen molar-refractivity contribution in [3.05, 3.63) is 28.8 Å². The maximum absolute atomic E-state index is 6.14. The highest BCUT2D eigenvalue weighted by Gasteiger charge is 2.26. The zero-order valence-electron chi connectivity index (χ0n) is 11.0. The van der Waals surface area contributed by atoms with Crippen molar-refractivity contribution in [2.24, 2.45) is 5.41 Å². The van der Waals surface area contributed by atoms with E-state index in [4.69, 9.17) is 11.6 Å². The molecule has 0 spiro atoms. The standard InChI is InChI=1S/C15H22ClN/c1-11-4-5-13(10-14(11)16)17-12-6-8-15(2,3)9-7-12/h4-5,10,12,17H,6-9H2,1-3H3. The van der Waals surface area contributed by atoms with Gasteiger partial charge in [0.15, 0.2) is 0 Å². The summed E-state index contributed by atoms with van der Waals surface area (Å²) in [5.74, 6) is 0. The number of aryl methyl sites for hydroxylation is 1. The van der Waals surface area contributed by atoms with Crippen molar-refractivity contribution in [3.8, 4) is 0 Å². The maximum atomic E-state index is 6.14. The lowest BCUT2D eigenvalue weighted by molar-refractivity contribution is 0.232. The minimum Gasteiger partial charge on any atom is -0.382 e. The van der Waals surface area contributed by atoms with Crippen molar-refractivity contribution < 1.29 is 0 Å². The minimum atomic E-state index is 0.531.